The van der Waals surface area contributed by atoms with Crippen LogP contribution in [0, 0.1) is 5.41 Å². The Kier molecular flexibility index (Phi) is 5.76. The number of aryl methyl sites for hydroxylation is 1. The first-order valence-electron chi connectivity index (χ1n) is 8.99. The third-order valence-corrected chi connectivity index (χ3v) is 5.12. The molecule has 3 heterocycles. The van der Waals surface area contributed by atoms with E-state index >= 15 is 0 Å². The molecule has 1 unspecified atom stereocenters. The summed E-state index contributed by atoms with van der Waals surface area (Å²) >= 11 is 0. The molecule has 0 aliphatic carbocycles. The highest BCUT2D eigenvalue weighted by Gasteiger charge is 2.40. The number of nitrogens with zero attached hydrogens (tertiary/aromatic N) is 3. The van der Waals surface area contributed by atoms with Gasteiger partial charge in [0.15, 0.2) is 0 Å². The Bertz CT molecular complexity index is 677. The SMILES string of the molecule is NC(=O)C1(CCCc2ccccn2)CCCN(Cc2cccnc2)C1. The summed E-state index contributed by atoms with van der Waals surface area (Å²) < 4.78 is 0. The molecule has 1 atom stereocenters. The van der Waals surface area contributed by atoms with E-state index in [0.29, 0.717) is 0 Å². The minimum Gasteiger partial charge on any atom is -0.369 e. The number of pyridine rings is 2. The fourth-order valence-electron chi connectivity index (χ4n) is 3.79. The highest BCUT2D eigenvalue weighted by Crippen LogP contribution is 2.35. The minimum absolute atomic E-state index is 0.163. The van der Waals surface area contributed by atoms with E-state index in [-0.39, 0.29) is 5.91 Å². The van der Waals surface area contributed by atoms with Gasteiger partial charge in [-0.15, -0.1) is 0 Å². The van der Waals surface area contributed by atoms with Crippen molar-refractivity contribution in [1.82, 2.24) is 14.9 Å². The van der Waals surface area contributed by atoms with Crippen molar-refractivity contribution in [2.24, 2.45) is 11.1 Å². The van der Waals surface area contributed by atoms with Gasteiger partial charge in [0.05, 0.1) is 5.41 Å². The molecule has 5 nitrogen and oxygen atoms in total. The molecule has 1 aliphatic rings. The highest BCUT2D eigenvalue weighted by molar-refractivity contribution is 5.81. The van der Waals surface area contributed by atoms with E-state index in [1.165, 1.54) is 5.56 Å². The van der Waals surface area contributed by atoms with Crippen LogP contribution in [0.2, 0.25) is 0 Å². The number of hydrogen-bond acceptors (Lipinski definition) is 4. The molecule has 0 radical (unpaired) electrons. The van der Waals surface area contributed by atoms with Gasteiger partial charge in [-0.3, -0.25) is 19.7 Å². The first-order chi connectivity index (χ1) is 12.2. The van der Waals surface area contributed by atoms with Crippen LogP contribution in [0.3, 0.4) is 0 Å². The van der Waals surface area contributed by atoms with Crippen molar-refractivity contribution in [2.75, 3.05) is 13.1 Å². The van der Waals surface area contributed by atoms with Gasteiger partial charge in [-0.25, -0.2) is 0 Å². The molecule has 2 aromatic heterocycles. The number of piperidine rings is 1. The number of primary amides is 1. The van der Waals surface area contributed by atoms with E-state index in [9.17, 15) is 4.79 Å². The fourth-order valence-corrected chi connectivity index (χ4v) is 3.79. The average Bonchev–Trinajstić information content (AvgIpc) is 2.64. The zero-order valence-electron chi connectivity index (χ0n) is 14.6. The van der Waals surface area contributed by atoms with E-state index in [2.05, 4.69) is 20.9 Å². The molecule has 0 bridgehead atoms. The summed E-state index contributed by atoms with van der Waals surface area (Å²) in [5.41, 5.74) is 7.67. The molecular weight excluding hydrogens is 312 g/mol. The van der Waals surface area contributed by atoms with Crippen LogP contribution < -0.4 is 5.73 Å². The molecule has 0 aromatic carbocycles. The largest absolute Gasteiger partial charge is 0.369 e. The predicted molar refractivity (Wildman–Crippen MR) is 97.6 cm³/mol. The lowest BCUT2D eigenvalue weighted by atomic mass is 9.75. The minimum atomic E-state index is -0.421. The second kappa shape index (κ2) is 8.21. The number of hydrogen-bond donors (Lipinski definition) is 1. The van der Waals surface area contributed by atoms with E-state index in [1.807, 2.05) is 36.7 Å². The maximum atomic E-state index is 12.3. The molecule has 1 saturated heterocycles. The smallest absolute Gasteiger partial charge is 0.224 e. The highest BCUT2D eigenvalue weighted by atomic mass is 16.1. The van der Waals surface area contributed by atoms with Crippen molar-refractivity contribution in [2.45, 2.75) is 38.6 Å². The molecule has 1 amide bonds. The zero-order chi connectivity index (χ0) is 17.5. The summed E-state index contributed by atoms with van der Waals surface area (Å²) in [6.07, 6.45) is 10.0. The van der Waals surface area contributed by atoms with E-state index < -0.39 is 5.41 Å². The Balaban J connectivity index is 1.61. The van der Waals surface area contributed by atoms with E-state index in [1.54, 1.807) is 6.20 Å². The van der Waals surface area contributed by atoms with Crippen LogP contribution in [0.5, 0.6) is 0 Å². The van der Waals surface area contributed by atoms with Gasteiger partial charge >= 0.3 is 0 Å². The van der Waals surface area contributed by atoms with Gasteiger partial charge in [0.1, 0.15) is 0 Å². The molecule has 0 spiro atoms. The third kappa shape index (κ3) is 4.63. The second-order valence-corrected chi connectivity index (χ2v) is 6.99. The normalized spacial score (nSPS) is 21.1. The quantitative estimate of drug-likeness (QED) is 0.842. The Hall–Kier alpha value is -2.27. The number of aromatic nitrogens is 2. The van der Waals surface area contributed by atoms with Crippen LogP contribution in [0.25, 0.3) is 0 Å². The van der Waals surface area contributed by atoms with Crippen molar-refractivity contribution in [3.05, 3.63) is 60.2 Å². The lowest BCUT2D eigenvalue weighted by Gasteiger charge is -2.41. The molecule has 1 aliphatic heterocycles. The molecule has 2 N–H and O–H groups in total. The van der Waals surface area contributed by atoms with Gasteiger partial charge < -0.3 is 5.73 Å². The Morgan fingerprint density at radius 2 is 2.16 bits per heavy atom. The number of rotatable bonds is 7. The molecule has 2 aromatic rings. The number of likely N-dealkylation sites (tertiary alicyclic amines) is 1. The van der Waals surface area contributed by atoms with Crippen molar-refractivity contribution in [3.63, 3.8) is 0 Å². The lowest BCUT2D eigenvalue weighted by Crippen LogP contribution is -2.50. The van der Waals surface area contributed by atoms with Crippen LogP contribution in [-0.4, -0.2) is 33.9 Å². The molecule has 0 saturated carbocycles. The number of carbonyl (C=O) groups excluding carboxylic acids is 1. The summed E-state index contributed by atoms with van der Waals surface area (Å²) in [5, 5.41) is 0. The lowest BCUT2D eigenvalue weighted by molar-refractivity contribution is -0.131. The Morgan fingerprint density at radius 3 is 2.88 bits per heavy atom. The first kappa shape index (κ1) is 17.5. The topological polar surface area (TPSA) is 72.1 Å². The summed E-state index contributed by atoms with van der Waals surface area (Å²) in [6.45, 7) is 2.56. The molecule has 25 heavy (non-hydrogen) atoms. The fraction of sp³-hybridized carbons (Fsp3) is 0.450. The van der Waals surface area contributed by atoms with Crippen LogP contribution in [0.4, 0.5) is 0 Å². The molecule has 1 fully saturated rings. The first-order valence-corrected chi connectivity index (χ1v) is 8.99. The van der Waals surface area contributed by atoms with E-state index in [4.69, 9.17) is 5.73 Å². The van der Waals surface area contributed by atoms with Gasteiger partial charge in [-0.1, -0.05) is 12.1 Å². The summed E-state index contributed by atoms with van der Waals surface area (Å²) in [7, 11) is 0. The van der Waals surface area contributed by atoms with Crippen molar-refractivity contribution < 1.29 is 4.79 Å². The van der Waals surface area contributed by atoms with Crippen LogP contribution in [0.15, 0.2) is 48.9 Å². The standard InChI is InChI=1S/C20H26N4O/c21-19(25)20(9-3-8-18-7-1-2-12-23-18)10-5-13-24(16-20)15-17-6-4-11-22-14-17/h1-2,4,6-7,11-12,14H,3,5,8-10,13,15-16H2,(H2,21,25). The van der Waals surface area contributed by atoms with Gasteiger partial charge in [-0.2, -0.15) is 0 Å². The summed E-state index contributed by atoms with van der Waals surface area (Å²) in [6, 6.07) is 9.99. The molecule has 132 valence electrons. The maximum Gasteiger partial charge on any atom is 0.224 e. The maximum absolute atomic E-state index is 12.3. The zero-order valence-corrected chi connectivity index (χ0v) is 14.6. The monoisotopic (exact) mass is 338 g/mol. The number of carbonyl (C=O) groups is 1. The van der Waals surface area contributed by atoms with Gasteiger partial charge in [0.25, 0.3) is 0 Å². The van der Waals surface area contributed by atoms with Crippen LogP contribution in [-0.2, 0) is 17.8 Å². The van der Waals surface area contributed by atoms with Crippen molar-refractivity contribution in [1.29, 1.82) is 0 Å². The summed E-state index contributed by atoms with van der Waals surface area (Å²) in [4.78, 5) is 23.2. The number of amides is 1. The van der Waals surface area contributed by atoms with Crippen molar-refractivity contribution in [3.8, 4) is 0 Å². The summed E-state index contributed by atoms with van der Waals surface area (Å²) in [5.74, 6) is -0.163. The van der Waals surface area contributed by atoms with Gasteiger partial charge in [0.2, 0.25) is 5.91 Å². The van der Waals surface area contributed by atoms with Gasteiger partial charge in [-0.05, 0) is 62.4 Å². The molecule has 5 heteroatoms. The van der Waals surface area contributed by atoms with E-state index in [0.717, 1.165) is 57.4 Å². The average molecular weight is 338 g/mol. The number of nitrogens with two attached hydrogens (primary N) is 1. The third-order valence-electron chi connectivity index (χ3n) is 5.12. The second-order valence-electron chi connectivity index (χ2n) is 6.99. The Morgan fingerprint density at radius 1 is 1.24 bits per heavy atom. The molecule has 3 rings (SSSR count). The van der Waals surface area contributed by atoms with Crippen LogP contribution in [0.1, 0.15) is 36.9 Å². The predicted octanol–water partition coefficient (Wildman–Crippen LogP) is 2.57. The van der Waals surface area contributed by atoms with Gasteiger partial charge in [0, 0.05) is 37.4 Å². The Labute approximate surface area is 149 Å². The van der Waals surface area contributed by atoms with Crippen LogP contribution >= 0.6 is 0 Å². The van der Waals surface area contributed by atoms with Crippen molar-refractivity contribution >= 4 is 5.91 Å². The molecular formula is C20H26N4O.